The predicted octanol–water partition coefficient (Wildman–Crippen LogP) is 3.18. The van der Waals surface area contributed by atoms with Crippen molar-refractivity contribution in [3.05, 3.63) is 59.4 Å². The molecule has 4 nitrogen and oxygen atoms in total. The van der Waals surface area contributed by atoms with Crippen LogP contribution in [0.5, 0.6) is 0 Å². The molecule has 0 aromatic heterocycles. The summed E-state index contributed by atoms with van der Waals surface area (Å²) in [6, 6.07) is 10.1. The molecule has 1 saturated heterocycles. The summed E-state index contributed by atoms with van der Waals surface area (Å²) >= 11 is 0. The Bertz CT molecular complexity index is 603. The van der Waals surface area contributed by atoms with Crippen molar-refractivity contribution in [2.24, 2.45) is 0 Å². The molecule has 0 radical (unpaired) electrons. The molecule has 4 heteroatoms. The number of hydrogen-bond donors (Lipinski definition) is 0. The Morgan fingerprint density at radius 2 is 2.09 bits per heavy atom. The smallest absolute Gasteiger partial charge is 0.184 e. The summed E-state index contributed by atoms with van der Waals surface area (Å²) in [7, 11) is 0. The Balaban J connectivity index is 1.43. The lowest BCUT2D eigenvalue weighted by atomic mass is 9.97. The van der Waals surface area contributed by atoms with Crippen molar-refractivity contribution in [2.75, 3.05) is 13.2 Å². The van der Waals surface area contributed by atoms with Crippen LogP contribution < -0.4 is 0 Å². The van der Waals surface area contributed by atoms with E-state index in [2.05, 4.69) is 0 Å². The first-order valence-electron chi connectivity index (χ1n) is 8.12. The van der Waals surface area contributed by atoms with Gasteiger partial charge in [0, 0.05) is 12.5 Å². The molecule has 2 unspecified atom stereocenters. The predicted molar refractivity (Wildman–Crippen MR) is 86.8 cm³/mol. The summed E-state index contributed by atoms with van der Waals surface area (Å²) in [6.07, 6.45) is 5.12. The maximum absolute atomic E-state index is 12.0. The molecular formula is C19H22O4. The second kappa shape index (κ2) is 7.57. The monoisotopic (exact) mass is 314 g/mol. The number of hydrogen-bond acceptors (Lipinski definition) is 4. The van der Waals surface area contributed by atoms with E-state index in [9.17, 15) is 4.79 Å². The number of ether oxygens (including phenoxy) is 3. The van der Waals surface area contributed by atoms with Gasteiger partial charge in [-0.1, -0.05) is 30.3 Å². The first-order chi connectivity index (χ1) is 11.3. The summed E-state index contributed by atoms with van der Waals surface area (Å²) in [5.41, 5.74) is 1.98. The Kier molecular flexibility index (Phi) is 5.26. The van der Waals surface area contributed by atoms with Gasteiger partial charge in [-0.15, -0.1) is 0 Å². The van der Waals surface area contributed by atoms with Crippen LogP contribution in [0.1, 0.15) is 25.3 Å². The quantitative estimate of drug-likeness (QED) is 0.573. The molecule has 0 bridgehead atoms. The number of allylic oxidation sites excluding steroid dienone is 3. The molecule has 1 aromatic carbocycles. The number of rotatable bonds is 7. The number of carbonyl (C=O) groups excluding carboxylic acids is 1. The molecular weight excluding hydrogens is 292 g/mol. The van der Waals surface area contributed by atoms with Gasteiger partial charge in [0.05, 0.1) is 19.8 Å². The van der Waals surface area contributed by atoms with Crippen molar-refractivity contribution in [3.63, 3.8) is 0 Å². The van der Waals surface area contributed by atoms with Crippen molar-refractivity contribution in [1.29, 1.82) is 0 Å². The molecule has 3 rings (SSSR count). The number of ketones is 1. The van der Waals surface area contributed by atoms with E-state index >= 15 is 0 Å². The molecule has 2 atom stereocenters. The highest BCUT2D eigenvalue weighted by molar-refractivity contribution is 6.05. The Hall–Kier alpha value is -1.91. The maximum Gasteiger partial charge on any atom is 0.184 e. The Morgan fingerprint density at radius 3 is 2.83 bits per heavy atom. The average Bonchev–Trinajstić information content (AvgIpc) is 3.29. The molecule has 0 amide bonds. The zero-order chi connectivity index (χ0) is 16.1. The summed E-state index contributed by atoms with van der Waals surface area (Å²) in [5.74, 6) is 0.827. The molecule has 1 fully saturated rings. The van der Waals surface area contributed by atoms with Crippen molar-refractivity contribution >= 4 is 5.78 Å². The van der Waals surface area contributed by atoms with Crippen LogP contribution in [0.3, 0.4) is 0 Å². The summed E-state index contributed by atoms with van der Waals surface area (Å²) < 4.78 is 16.6. The molecule has 0 saturated carbocycles. The topological polar surface area (TPSA) is 48.1 Å². The highest BCUT2D eigenvalue weighted by Gasteiger charge is 2.38. The molecule has 122 valence electrons. The summed E-state index contributed by atoms with van der Waals surface area (Å²) in [5, 5.41) is 0. The molecule has 23 heavy (non-hydrogen) atoms. The zero-order valence-corrected chi connectivity index (χ0v) is 13.4. The van der Waals surface area contributed by atoms with E-state index in [1.54, 1.807) is 6.08 Å². The summed E-state index contributed by atoms with van der Waals surface area (Å²) in [6.45, 7) is 3.67. The van der Waals surface area contributed by atoms with Gasteiger partial charge in [0.2, 0.25) is 0 Å². The van der Waals surface area contributed by atoms with Crippen molar-refractivity contribution in [3.8, 4) is 0 Å². The first kappa shape index (κ1) is 16.0. The third-order valence-electron chi connectivity index (χ3n) is 3.96. The molecule has 1 aromatic rings. The van der Waals surface area contributed by atoms with Gasteiger partial charge in [0.15, 0.2) is 5.78 Å². The minimum Gasteiger partial charge on any atom is -0.498 e. The molecule has 0 spiro atoms. The number of carbonyl (C=O) groups is 1. The van der Waals surface area contributed by atoms with Crippen LogP contribution in [0.25, 0.3) is 0 Å². The van der Waals surface area contributed by atoms with Gasteiger partial charge >= 0.3 is 0 Å². The third-order valence-corrected chi connectivity index (χ3v) is 3.96. The largest absolute Gasteiger partial charge is 0.498 e. The van der Waals surface area contributed by atoms with Crippen LogP contribution in [0.15, 0.2) is 53.8 Å². The van der Waals surface area contributed by atoms with Gasteiger partial charge < -0.3 is 14.2 Å². The van der Waals surface area contributed by atoms with E-state index in [1.807, 2.05) is 43.3 Å². The minimum absolute atomic E-state index is 0.00627. The fourth-order valence-corrected chi connectivity index (χ4v) is 2.66. The minimum atomic E-state index is 0.00627. The van der Waals surface area contributed by atoms with Gasteiger partial charge in [0.1, 0.15) is 18.0 Å². The fraction of sp³-hybridized carbons (Fsp3) is 0.421. The molecule has 1 heterocycles. The highest BCUT2D eigenvalue weighted by atomic mass is 16.6. The van der Waals surface area contributed by atoms with Gasteiger partial charge in [-0.05, 0) is 30.6 Å². The third kappa shape index (κ3) is 4.53. The summed E-state index contributed by atoms with van der Waals surface area (Å²) in [4.78, 5) is 12.0. The standard InChI is InChI=1S/C19H22O4/c1-2-22-16-9-8-15(17(20)11-16)10-18-19(23-18)13-21-12-14-6-4-3-5-7-14/h3-7,10-11,18-19H,2,8-9,12-13H2,1H3/b15-10-. The first-order valence-corrected chi connectivity index (χ1v) is 8.12. The molecule has 2 aliphatic rings. The van der Waals surface area contributed by atoms with Crippen molar-refractivity contribution in [2.45, 2.75) is 38.6 Å². The van der Waals surface area contributed by atoms with Gasteiger partial charge in [-0.3, -0.25) is 4.79 Å². The Labute approximate surface area is 136 Å². The van der Waals surface area contributed by atoms with Gasteiger partial charge in [-0.25, -0.2) is 0 Å². The van der Waals surface area contributed by atoms with E-state index in [4.69, 9.17) is 14.2 Å². The van der Waals surface area contributed by atoms with E-state index in [0.717, 1.165) is 29.7 Å². The van der Waals surface area contributed by atoms with E-state index < -0.39 is 0 Å². The van der Waals surface area contributed by atoms with Crippen LogP contribution >= 0.6 is 0 Å². The van der Waals surface area contributed by atoms with Crippen LogP contribution in [-0.2, 0) is 25.6 Å². The lowest BCUT2D eigenvalue weighted by Crippen LogP contribution is -2.11. The van der Waals surface area contributed by atoms with Crippen molar-refractivity contribution < 1.29 is 19.0 Å². The highest BCUT2D eigenvalue weighted by Crippen LogP contribution is 2.29. The molecule has 0 N–H and O–H groups in total. The molecule has 1 aliphatic carbocycles. The van der Waals surface area contributed by atoms with E-state index in [-0.39, 0.29) is 18.0 Å². The lowest BCUT2D eigenvalue weighted by Gasteiger charge is -2.14. The van der Waals surface area contributed by atoms with Crippen LogP contribution in [0, 0.1) is 0 Å². The Morgan fingerprint density at radius 1 is 1.26 bits per heavy atom. The normalized spacial score (nSPS) is 25.3. The van der Waals surface area contributed by atoms with Gasteiger partial charge in [-0.2, -0.15) is 0 Å². The second-order valence-electron chi connectivity index (χ2n) is 5.74. The van der Waals surface area contributed by atoms with Crippen molar-refractivity contribution in [1.82, 2.24) is 0 Å². The van der Waals surface area contributed by atoms with E-state index in [1.165, 1.54) is 0 Å². The SMILES string of the molecule is CCOC1=CC(=O)/C(=C\C2OC2COCc2ccccc2)CC1. The lowest BCUT2D eigenvalue weighted by molar-refractivity contribution is -0.112. The maximum atomic E-state index is 12.0. The zero-order valence-electron chi connectivity index (χ0n) is 13.4. The number of epoxide rings is 1. The number of benzene rings is 1. The average molecular weight is 314 g/mol. The fourth-order valence-electron chi connectivity index (χ4n) is 2.66. The van der Waals surface area contributed by atoms with Crippen LogP contribution in [-0.4, -0.2) is 31.2 Å². The van der Waals surface area contributed by atoms with Crippen LogP contribution in [0.2, 0.25) is 0 Å². The van der Waals surface area contributed by atoms with Crippen LogP contribution in [0.4, 0.5) is 0 Å². The van der Waals surface area contributed by atoms with E-state index in [0.29, 0.717) is 19.8 Å². The van der Waals surface area contributed by atoms with Gasteiger partial charge in [0.25, 0.3) is 0 Å². The molecule has 1 aliphatic heterocycles. The second-order valence-corrected chi connectivity index (χ2v) is 5.74.